The second-order valence-electron chi connectivity index (χ2n) is 10.1. The highest BCUT2D eigenvalue weighted by atomic mass is 19.1. The van der Waals surface area contributed by atoms with Gasteiger partial charge in [0.1, 0.15) is 24.3 Å². The topological polar surface area (TPSA) is 91.5 Å². The molecule has 188 valence electrons. The number of likely N-dealkylation sites (N-methyl/N-ethyl adjacent to an activating group) is 1. The molecular formula is C27H30FN5O3. The number of amides is 1. The monoisotopic (exact) mass is 491 g/mol. The summed E-state index contributed by atoms with van der Waals surface area (Å²) in [5.74, 6) is 0.147. The van der Waals surface area contributed by atoms with Crippen LogP contribution in [0.25, 0.3) is 11.3 Å². The van der Waals surface area contributed by atoms with Crippen LogP contribution in [0.4, 0.5) is 15.8 Å². The Morgan fingerprint density at radius 3 is 3.00 bits per heavy atom. The number of morpholine rings is 1. The maximum Gasteiger partial charge on any atom is 0.255 e. The van der Waals surface area contributed by atoms with Gasteiger partial charge in [-0.1, -0.05) is 6.07 Å². The lowest BCUT2D eigenvalue weighted by molar-refractivity contribution is -0.0403. The van der Waals surface area contributed by atoms with Crippen molar-refractivity contribution in [3.05, 3.63) is 59.3 Å². The molecule has 1 saturated heterocycles. The van der Waals surface area contributed by atoms with Gasteiger partial charge in [0.05, 0.1) is 29.7 Å². The minimum atomic E-state index is -0.306. The summed E-state index contributed by atoms with van der Waals surface area (Å²) < 4.78 is 26.5. The Balaban J connectivity index is 1.42. The minimum Gasteiger partial charge on any atom is -0.488 e. The zero-order valence-electron chi connectivity index (χ0n) is 20.5. The Hall–Kier alpha value is -3.43. The molecule has 1 atom stereocenters. The summed E-state index contributed by atoms with van der Waals surface area (Å²) in [4.78, 5) is 23.2. The molecule has 1 aliphatic carbocycles. The molecule has 2 aromatic heterocycles. The van der Waals surface area contributed by atoms with Crippen molar-refractivity contribution in [2.75, 3.05) is 45.2 Å². The number of aromatic amines is 1. The van der Waals surface area contributed by atoms with Crippen molar-refractivity contribution < 1.29 is 18.7 Å². The highest BCUT2D eigenvalue weighted by Gasteiger charge is 2.51. The standard InChI is InChI=1S/C27H30FN5O3/c1-16-19(28)4-3-5-20(16)31-24-22-25(27(7-8-27)15-30-26(22)34)32-23(24)18-6-9-29-12-21(18)36-14-17-13-33(2)10-11-35-17/h3-6,9,12,17,31-32H,7-8,10-11,13-15H2,1-2H3,(H,30,34)/t17-/m1/s1. The first-order chi connectivity index (χ1) is 17.4. The van der Waals surface area contributed by atoms with Crippen LogP contribution in [0.15, 0.2) is 36.7 Å². The molecule has 3 aromatic rings. The summed E-state index contributed by atoms with van der Waals surface area (Å²) in [7, 11) is 2.07. The Kier molecular flexibility index (Phi) is 5.69. The van der Waals surface area contributed by atoms with Crippen LogP contribution in [0.3, 0.4) is 0 Å². The number of rotatable bonds is 6. The van der Waals surface area contributed by atoms with Crippen LogP contribution >= 0.6 is 0 Å². The van der Waals surface area contributed by atoms with Crippen molar-refractivity contribution in [3.8, 4) is 17.0 Å². The number of halogens is 1. The van der Waals surface area contributed by atoms with E-state index in [1.807, 2.05) is 12.1 Å². The molecule has 2 fully saturated rings. The van der Waals surface area contributed by atoms with E-state index >= 15 is 0 Å². The number of hydrogen-bond acceptors (Lipinski definition) is 6. The molecule has 2 aliphatic heterocycles. The largest absolute Gasteiger partial charge is 0.488 e. The van der Waals surface area contributed by atoms with Crippen LogP contribution < -0.4 is 15.4 Å². The molecule has 1 saturated carbocycles. The van der Waals surface area contributed by atoms with E-state index in [9.17, 15) is 9.18 Å². The van der Waals surface area contributed by atoms with E-state index in [4.69, 9.17) is 9.47 Å². The first-order valence-electron chi connectivity index (χ1n) is 12.4. The van der Waals surface area contributed by atoms with Gasteiger partial charge in [0.2, 0.25) is 0 Å². The third-order valence-electron chi connectivity index (χ3n) is 7.55. The number of nitrogens with one attached hydrogen (secondary N) is 3. The van der Waals surface area contributed by atoms with Crippen molar-refractivity contribution in [2.45, 2.75) is 31.3 Å². The molecule has 4 heterocycles. The van der Waals surface area contributed by atoms with Gasteiger partial charge in [0.15, 0.2) is 0 Å². The molecule has 0 unspecified atom stereocenters. The highest BCUT2D eigenvalue weighted by Crippen LogP contribution is 2.54. The number of fused-ring (bicyclic) bond motifs is 2. The fourth-order valence-electron chi connectivity index (χ4n) is 5.19. The van der Waals surface area contributed by atoms with Crippen molar-refractivity contribution in [3.63, 3.8) is 0 Å². The van der Waals surface area contributed by atoms with Gasteiger partial charge >= 0.3 is 0 Å². The number of hydrogen-bond donors (Lipinski definition) is 3. The van der Waals surface area contributed by atoms with Gasteiger partial charge in [-0.25, -0.2) is 4.39 Å². The number of ether oxygens (including phenoxy) is 2. The van der Waals surface area contributed by atoms with E-state index in [1.54, 1.807) is 25.4 Å². The Morgan fingerprint density at radius 2 is 2.19 bits per heavy atom. The second kappa shape index (κ2) is 8.90. The third-order valence-corrected chi connectivity index (χ3v) is 7.55. The van der Waals surface area contributed by atoms with Gasteiger partial charge in [0.25, 0.3) is 5.91 Å². The van der Waals surface area contributed by atoms with E-state index in [-0.39, 0.29) is 23.2 Å². The van der Waals surface area contributed by atoms with Gasteiger partial charge in [-0.15, -0.1) is 0 Å². The average molecular weight is 492 g/mol. The highest BCUT2D eigenvalue weighted by molar-refractivity contribution is 6.07. The smallest absolute Gasteiger partial charge is 0.255 e. The van der Waals surface area contributed by atoms with Crippen LogP contribution in [-0.4, -0.2) is 66.8 Å². The molecule has 0 bridgehead atoms. The summed E-state index contributed by atoms with van der Waals surface area (Å²) in [5, 5.41) is 6.44. The van der Waals surface area contributed by atoms with Crippen LogP contribution in [0, 0.1) is 12.7 Å². The molecule has 6 rings (SSSR count). The van der Waals surface area contributed by atoms with Gasteiger partial charge < -0.3 is 30.0 Å². The average Bonchev–Trinajstić information content (AvgIpc) is 3.56. The summed E-state index contributed by atoms with van der Waals surface area (Å²) in [6.07, 6.45) is 5.36. The maximum atomic E-state index is 14.4. The lowest BCUT2D eigenvalue weighted by atomic mass is 9.93. The molecule has 36 heavy (non-hydrogen) atoms. The molecule has 3 N–H and O–H groups in total. The molecule has 1 aromatic carbocycles. The van der Waals surface area contributed by atoms with Gasteiger partial charge in [0, 0.05) is 53.8 Å². The number of benzene rings is 1. The lowest BCUT2D eigenvalue weighted by Gasteiger charge is -2.30. The lowest BCUT2D eigenvalue weighted by Crippen LogP contribution is -2.42. The van der Waals surface area contributed by atoms with E-state index in [2.05, 4.69) is 32.5 Å². The Labute approximate surface area is 209 Å². The van der Waals surface area contributed by atoms with Crippen molar-refractivity contribution in [2.24, 2.45) is 0 Å². The van der Waals surface area contributed by atoms with E-state index in [1.165, 1.54) is 6.07 Å². The summed E-state index contributed by atoms with van der Waals surface area (Å²) >= 11 is 0. The predicted molar refractivity (Wildman–Crippen MR) is 134 cm³/mol. The van der Waals surface area contributed by atoms with E-state index in [0.29, 0.717) is 48.0 Å². The fourth-order valence-corrected chi connectivity index (χ4v) is 5.19. The zero-order chi connectivity index (χ0) is 24.9. The first-order valence-corrected chi connectivity index (χ1v) is 12.4. The number of nitrogens with zero attached hydrogens (tertiary/aromatic N) is 2. The van der Waals surface area contributed by atoms with Gasteiger partial charge in [-0.05, 0) is 45.0 Å². The number of carbonyl (C=O) groups excluding carboxylic acids is 1. The second-order valence-corrected chi connectivity index (χ2v) is 10.1. The third kappa shape index (κ3) is 4.02. The van der Waals surface area contributed by atoms with E-state index in [0.717, 1.165) is 42.9 Å². The van der Waals surface area contributed by atoms with Crippen molar-refractivity contribution in [1.82, 2.24) is 20.2 Å². The van der Waals surface area contributed by atoms with Crippen LogP contribution in [-0.2, 0) is 10.2 Å². The van der Waals surface area contributed by atoms with Crippen LogP contribution in [0.5, 0.6) is 5.75 Å². The first kappa shape index (κ1) is 23.0. The molecule has 3 aliphatic rings. The molecule has 8 nitrogen and oxygen atoms in total. The summed E-state index contributed by atoms with van der Waals surface area (Å²) in [6.45, 7) is 5.10. The number of carbonyl (C=O) groups is 1. The SMILES string of the molecule is Cc1c(F)cccc1Nc1c(-c2ccncc2OC[C@H]2CN(C)CCO2)[nH]c2c1C(=O)NCC21CC1. The predicted octanol–water partition coefficient (Wildman–Crippen LogP) is 3.75. The maximum absolute atomic E-state index is 14.4. The minimum absolute atomic E-state index is 0.0401. The zero-order valence-corrected chi connectivity index (χ0v) is 20.5. The Morgan fingerprint density at radius 1 is 1.33 bits per heavy atom. The van der Waals surface area contributed by atoms with Crippen LogP contribution in [0.2, 0.25) is 0 Å². The molecule has 0 radical (unpaired) electrons. The number of aromatic nitrogens is 2. The molecular weight excluding hydrogens is 461 g/mol. The van der Waals surface area contributed by atoms with Gasteiger partial charge in [-0.3, -0.25) is 9.78 Å². The molecule has 1 spiro atoms. The normalized spacial score (nSPS) is 20.6. The van der Waals surface area contributed by atoms with Crippen LogP contribution in [0.1, 0.15) is 34.5 Å². The quantitative estimate of drug-likeness (QED) is 0.487. The number of H-pyrrole nitrogens is 1. The summed E-state index contributed by atoms with van der Waals surface area (Å²) in [5.41, 5.74) is 4.65. The fraction of sp³-hybridized carbons (Fsp3) is 0.407. The molecule has 9 heteroatoms. The summed E-state index contributed by atoms with van der Waals surface area (Å²) in [6, 6.07) is 6.78. The molecule has 1 amide bonds. The van der Waals surface area contributed by atoms with Crippen molar-refractivity contribution >= 4 is 17.3 Å². The number of anilines is 2. The van der Waals surface area contributed by atoms with E-state index < -0.39 is 0 Å². The number of pyridine rings is 1. The van der Waals surface area contributed by atoms with Gasteiger partial charge in [-0.2, -0.15) is 0 Å². The Bertz CT molecular complexity index is 1320. The van der Waals surface area contributed by atoms with Crippen molar-refractivity contribution in [1.29, 1.82) is 0 Å².